The molecule has 1 atom stereocenters. The van der Waals surface area contributed by atoms with Crippen molar-refractivity contribution >= 4 is 21.9 Å². The first kappa shape index (κ1) is 11.9. The van der Waals surface area contributed by atoms with Crippen molar-refractivity contribution in [3.63, 3.8) is 0 Å². The van der Waals surface area contributed by atoms with Gasteiger partial charge in [-0.25, -0.2) is 0 Å². The third-order valence-electron chi connectivity index (χ3n) is 1.35. The number of hydrogen-bond acceptors (Lipinski definition) is 2. The van der Waals surface area contributed by atoms with Crippen molar-refractivity contribution in [2.45, 2.75) is 51.0 Å². The molecule has 0 aliphatic rings. The summed E-state index contributed by atoms with van der Waals surface area (Å²) in [6, 6.07) is 0. The summed E-state index contributed by atoms with van der Waals surface area (Å²) < 4.78 is 4.98. The van der Waals surface area contributed by atoms with Crippen LogP contribution in [0, 0.1) is 0 Å². The van der Waals surface area contributed by atoms with Crippen molar-refractivity contribution < 1.29 is 9.53 Å². The largest absolute Gasteiger partial charge is 0.463 e. The molecule has 0 radical (unpaired) electrons. The minimum absolute atomic E-state index is 0.0129. The Kier molecular flexibility index (Phi) is 6.44. The molecule has 0 heterocycles. The topological polar surface area (TPSA) is 26.3 Å². The Labute approximate surface area is 82.8 Å². The van der Waals surface area contributed by atoms with Crippen molar-refractivity contribution in [2.24, 2.45) is 0 Å². The number of halogens is 1. The second-order valence-corrected chi connectivity index (χ2v) is 4.77. The quantitative estimate of drug-likeness (QED) is 0.542. The molecule has 0 N–H and O–H groups in total. The molecule has 0 bridgehead atoms. The van der Waals surface area contributed by atoms with Crippen molar-refractivity contribution in [3.8, 4) is 0 Å². The van der Waals surface area contributed by atoms with Crippen LogP contribution in [0.5, 0.6) is 0 Å². The minimum atomic E-state index is -0.0850. The second-order valence-electron chi connectivity index (χ2n) is 3.21. The molecule has 0 aromatic carbocycles. The van der Waals surface area contributed by atoms with Crippen molar-refractivity contribution in [1.82, 2.24) is 0 Å². The van der Waals surface area contributed by atoms with Gasteiger partial charge in [-0.05, 0) is 26.7 Å². The summed E-state index contributed by atoms with van der Waals surface area (Å²) in [7, 11) is 0. The van der Waals surface area contributed by atoms with Gasteiger partial charge in [0.05, 0.1) is 6.10 Å². The number of alkyl halides is 1. The van der Waals surface area contributed by atoms with Gasteiger partial charge in [-0.3, -0.25) is 4.79 Å². The molecule has 0 spiro atoms. The smallest absolute Gasteiger partial charge is 0.306 e. The van der Waals surface area contributed by atoms with Gasteiger partial charge < -0.3 is 4.74 Å². The molecule has 0 saturated heterocycles. The standard InChI is InChI=1S/C9H17BrO2/c1-7(2)12-9(11)6-4-5-8(3)10/h7-8H,4-6H2,1-3H3/t8-/m1/s1. The van der Waals surface area contributed by atoms with Crippen molar-refractivity contribution in [2.75, 3.05) is 0 Å². The van der Waals surface area contributed by atoms with Crippen LogP contribution < -0.4 is 0 Å². The normalized spacial score (nSPS) is 13.1. The van der Waals surface area contributed by atoms with Gasteiger partial charge in [0.25, 0.3) is 0 Å². The van der Waals surface area contributed by atoms with E-state index in [1.54, 1.807) is 0 Å². The monoisotopic (exact) mass is 236 g/mol. The number of carbonyl (C=O) groups excluding carboxylic acids is 1. The van der Waals surface area contributed by atoms with E-state index in [0.717, 1.165) is 12.8 Å². The van der Waals surface area contributed by atoms with Gasteiger partial charge in [-0.1, -0.05) is 22.9 Å². The van der Waals surface area contributed by atoms with E-state index >= 15 is 0 Å². The summed E-state index contributed by atoms with van der Waals surface area (Å²) in [6.45, 7) is 5.81. The maximum absolute atomic E-state index is 11.0. The summed E-state index contributed by atoms with van der Waals surface area (Å²) in [5.74, 6) is -0.0850. The highest BCUT2D eigenvalue weighted by Gasteiger charge is 2.05. The van der Waals surface area contributed by atoms with E-state index in [1.807, 2.05) is 13.8 Å². The molecule has 0 rings (SSSR count). The molecule has 12 heavy (non-hydrogen) atoms. The van der Waals surface area contributed by atoms with Gasteiger partial charge in [-0.15, -0.1) is 0 Å². The molecule has 0 aromatic rings. The number of ether oxygens (including phenoxy) is 1. The maximum Gasteiger partial charge on any atom is 0.306 e. The zero-order valence-corrected chi connectivity index (χ0v) is 9.56. The lowest BCUT2D eigenvalue weighted by Gasteiger charge is -2.07. The average molecular weight is 237 g/mol. The lowest BCUT2D eigenvalue weighted by Crippen LogP contribution is -2.11. The van der Waals surface area contributed by atoms with E-state index in [2.05, 4.69) is 22.9 Å². The van der Waals surface area contributed by atoms with Crippen LogP contribution in [0.15, 0.2) is 0 Å². The Morgan fingerprint density at radius 2 is 2.00 bits per heavy atom. The van der Waals surface area contributed by atoms with Gasteiger partial charge in [0, 0.05) is 11.2 Å². The fraction of sp³-hybridized carbons (Fsp3) is 0.889. The molecule has 0 saturated carbocycles. The second kappa shape index (κ2) is 6.46. The van der Waals surface area contributed by atoms with E-state index in [0.29, 0.717) is 11.2 Å². The minimum Gasteiger partial charge on any atom is -0.463 e. The van der Waals surface area contributed by atoms with Gasteiger partial charge >= 0.3 is 5.97 Å². The van der Waals surface area contributed by atoms with E-state index in [4.69, 9.17) is 4.74 Å². The first-order chi connectivity index (χ1) is 5.52. The summed E-state index contributed by atoms with van der Waals surface area (Å²) in [5.41, 5.74) is 0. The highest BCUT2D eigenvalue weighted by molar-refractivity contribution is 9.09. The first-order valence-corrected chi connectivity index (χ1v) is 5.27. The molecular weight excluding hydrogens is 220 g/mol. The van der Waals surface area contributed by atoms with E-state index in [1.165, 1.54) is 0 Å². The van der Waals surface area contributed by atoms with Crippen LogP contribution >= 0.6 is 15.9 Å². The number of rotatable bonds is 5. The fourth-order valence-corrected chi connectivity index (χ4v) is 1.17. The molecule has 0 unspecified atom stereocenters. The van der Waals surface area contributed by atoms with Crippen LogP contribution in [0.25, 0.3) is 0 Å². The highest BCUT2D eigenvalue weighted by atomic mass is 79.9. The van der Waals surface area contributed by atoms with Crippen LogP contribution in [-0.2, 0) is 9.53 Å². The molecule has 0 aromatic heterocycles. The fourth-order valence-electron chi connectivity index (χ4n) is 0.849. The number of carbonyl (C=O) groups is 1. The molecule has 0 amide bonds. The summed E-state index contributed by atoms with van der Waals surface area (Å²) in [6.07, 6.45) is 2.47. The SMILES string of the molecule is CC(C)OC(=O)CCC[C@@H](C)Br. The van der Waals surface area contributed by atoms with E-state index in [9.17, 15) is 4.79 Å². The van der Waals surface area contributed by atoms with Gasteiger partial charge in [0.15, 0.2) is 0 Å². The van der Waals surface area contributed by atoms with Gasteiger partial charge in [0.2, 0.25) is 0 Å². The predicted molar refractivity (Wildman–Crippen MR) is 53.5 cm³/mol. The third kappa shape index (κ3) is 8.05. The van der Waals surface area contributed by atoms with Gasteiger partial charge in [-0.2, -0.15) is 0 Å². The van der Waals surface area contributed by atoms with E-state index < -0.39 is 0 Å². The number of hydrogen-bond donors (Lipinski definition) is 0. The molecule has 72 valence electrons. The van der Waals surface area contributed by atoms with Crippen LogP contribution in [0.1, 0.15) is 40.0 Å². The van der Waals surface area contributed by atoms with Crippen LogP contribution in [0.3, 0.4) is 0 Å². The molecule has 2 nitrogen and oxygen atoms in total. The highest BCUT2D eigenvalue weighted by Crippen LogP contribution is 2.09. The molecular formula is C9H17BrO2. The maximum atomic E-state index is 11.0. The third-order valence-corrected chi connectivity index (χ3v) is 1.81. The van der Waals surface area contributed by atoms with Gasteiger partial charge in [0.1, 0.15) is 0 Å². The predicted octanol–water partition coefficient (Wildman–Crippen LogP) is 2.89. The molecule has 0 aliphatic heterocycles. The zero-order valence-electron chi connectivity index (χ0n) is 7.97. The Balaban J connectivity index is 3.32. The zero-order chi connectivity index (χ0) is 9.56. The van der Waals surface area contributed by atoms with Crippen LogP contribution in [-0.4, -0.2) is 16.9 Å². The lowest BCUT2D eigenvalue weighted by molar-refractivity contribution is -0.147. The lowest BCUT2D eigenvalue weighted by atomic mass is 10.2. The number of esters is 1. The summed E-state index contributed by atoms with van der Waals surface area (Å²) in [5, 5.41) is 0. The Hall–Kier alpha value is -0.0500. The van der Waals surface area contributed by atoms with Crippen molar-refractivity contribution in [1.29, 1.82) is 0 Å². The summed E-state index contributed by atoms with van der Waals surface area (Å²) >= 11 is 3.42. The summed E-state index contributed by atoms with van der Waals surface area (Å²) in [4.78, 5) is 11.5. The van der Waals surface area contributed by atoms with Crippen LogP contribution in [0.4, 0.5) is 0 Å². The molecule has 0 aliphatic carbocycles. The van der Waals surface area contributed by atoms with Crippen LogP contribution in [0.2, 0.25) is 0 Å². The Bertz CT molecular complexity index is 132. The van der Waals surface area contributed by atoms with Crippen molar-refractivity contribution in [3.05, 3.63) is 0 Å². The Morgan fingerprint density at radius 3 is 2.42 bits per heavy atom. The molecule has 0 fully saturated rings. The van der Waals surface area contributed by atoms with E-state index in [-0.39, 0.29) is 12.1 Å². The average Bonchev–Trinajstić information content (AvgIpc) is 1.84. The first-order valence-electron chi connectivity index (χ1n) is 4.36. The molecule has 3 heteroatoms. The Morgan fingerprint density at radius 1 is 1.42 bits per heavy atom.